The van der Waals surface area contributed by atoms with E-state index in [1.165, 1.54) is 32.2 Å². The normalized spacial score (nSPS) is 10.4. The minimum absolute atomic E-state index is 0.00718. The molecule has 2 N–H and O–H groups in total. The smallest absolute Gasteiger partial charge is 0.201 e. The molecule has 0 saturated carbocycles. The van der Waals surface area contributed by atoms with Crippen LogP contribution < -0.4 is 10.5 Å². The van der Waals surface area contributed by atoms with Crippen molar-refractivity contribution >= 4 is 11.5 Å². The van der Waals surface area contributed by atoms with Crippen molar-refractivity contribution in [1.29, 1.82) is 0 Å². The number of hydrogen-bond acceptors (Lipinski definition) is 3. The first-order valence-corrected chi connectivity index (χ1v) is 5.89. The molecule has 0 unspecified atom stereocenters. The number of carbonyl (C=O) groups excluding carboxylic acids is 1. The van der Waals surface area contributed by atoms with Crippen molar-refractivity contribution < 1.29 is 18.3 Å². The van der Waals surface area contributed by atoms with E-state index >= 15 is 0 Å². The molecule has 0 bridgehead atoms. The number of rotatable bonds is 3. The van der Waals surface area contributed by atoms with E-state index in [2.05, 4.69) is 0 Å². The number of methoxy groups -OCH3 is 1. The summed E-state index contributed by atoms with van der Waals surface area (Å²) in [6.07, 6.45) is 0. The zero-order chi connectivity index (χ0) is 14.9. The Hall–Kier alpha value is -2.43. The van der Waals surface area contributed by atoms with Crippen LogP contribution in [-0.4, -0.2) is 12.9 Å². The molecule has 5 heteroatoms. The van der Waals surface area contributed by atoms with Crippen LogP contribution in [0.5, 0.6) is 5.75 Å². The Balaban J connectivity index is 2.61. The number of ketones is 1. The summed E-state index contributed by atoms with van der Waals surface area (Å²) >= 11 is 0. The SMILES string of the molecule is COc1cccc(C(=O)c2c(F)ccc(C)c2F)c1N. The van der Waals surface area contributed by atoms with Gasteiger partial charge in [-0.2, -0.15) is 0 Å². The van der Waals surface area contributed by atoms with Crippen LogP contribution in [0.4, 0.5) is 14.5 Å². The van der Waals surface area contributed by atoms with Crippen LogP contribution in [0.3, 0.4) is 0 Å². The average molecular weight is 277 g/mol. The monoisotopic (exact) mass is 277 g/mol. The molecule has 0 atom stereocenters. The number of hydrogen-bond donors (Lipinski definition) is 1. The molecule has 3 nitrogen and oxygen atoms in total. The fourth-order valence-electron chi connectivity index (χ4n) is 1.92. The van der Waals surface area contributed by atoms with Gasteiger partial charge in [-0.3, -0.25) is 4.79 Å². The molecule has 0 heterocycles. The molecule has 104 valence electrons. The van der Waals surface area contributed by atoms with E-state index in [-0.39, 0.29) is 22.6 Å². The van der Waals surface area contributed by atoms with Crippen molar-refractivity contribution in [3.05, 3.63) is 58.7 Å². The Morgan fingerprint density at radius 3 is 2.55 bits per heavy atom. The molecule has 0 aliphatic rings. The van der Waals surface area contributed by atoms with Crippen molar-refractivity contribution in [1.82, 2.24) is 0 Å². The van der Waals surface area contributed by atoms with Gasteiger partial charge in [-0.25, -0.2) is 8.78 Å². The van der Waals surface area contributed by atoms with Crippen molar-refractivity contribution in [2.75, 3.05) is 12.8 Å². The van der Waals surface area contributed by atoms with Crippen molar-refractivity contribution in [2.45, 2.75) is 6.92 Å². The fourth-order valence-corrected chi connectivity index (χ4v) is 1.92. The van der Waals surface area contributed by atoms with Gasteiger partial charge in [0.15, 0.2) is 0 Å². The minimum Gasteiger partial charge on any atom is -0.495 e. The number of anilines is 1. The van der Waals surface area contributed by atoms with Gasteiger partial charge < -0.3 is 10.5 Å². The topological polar surface area (TPSA) is 52.3 Å². The van der Waals surface area contributed by atoms with Crippen LogP contribution in [-0.2, 0) is 0 Å². The summed E-state index contributed by atoms with van der Waals surface area (Å²) in [5.41, 5.74) is 5.43. The number of nitrogens with two attached hydrogens (primary N) is 1. The Morgan fingerprint density at radius 2 is 1.90 bits per heavy atom. The van der Waals surface area contributed by atoms with Crippen LogP contribution in [0.15, 0.2) is 30.3 Å². The van der Waals surface area contributed by atoms with E-state index in [0.717, 1.165) is 6.07 Å². The van der Waals surface area contributed by atoms with E-state index in [4.69, 9.17) is 10.5 Å². The zero-order valence-electron chi connectivity index (χ0n) is 11.0. The predicted molar refractivity (Wildman–Crippen MR) is 71.9 cm³/mol. The van der Waals surface area contributed by atoms with E-state index in [0.29, 0.717) is 0 Å². The Kier molecular flexibility index (Phi) is 3.70. The first kappa shape index (κ1) is 14.0. The maximum atomic E-state index is 14.0. The molecular formula is C15H13F2NO2. The third kappa shape index (κ3) is 2.22. The van der Waals surface area contributed by atoms with Crippen LogP contribution in [0.1, 0.15) is 21.5 Å². The number of halogens is 2. The summed E-state index contributed by atoms with van der Waals surface area (Å²) in [4.78, 5) is 12.3. The number of carbonyl (C=O) groups is 1. The van der Waals surface area contributed by atoms with Gasteiger partial charge in [-0.1, -0.05) is 12.1 Å². The second-order valence-corrected chi connectivity index (χ2v) is 4.30. The fraction of sp³-hybridized carbons (Fsp3) is 0.133. The molecule has 2 aromatic rings. The zero-order valence-corrected chi connectivity index (χ0v) is 11.0. The predicted octanol–water partition coefficient (Wildman–Crippen LogP) is 3.10. The molecule has 0 aliphatic heterocycles. The Morgan fingerprint density at radius 1 is 1.20 bits per heavy atom. The van der Waals surface area contributed by atoms with Gasteiger partial charge in [0.05, 0.1) is 18.4 Å². The van der Waals surface area contributed by atoms with Gasteiger partial charge in [0.2, 0.25) is 5.78 Å². The van der Waals surface area contributed by atoms with Gasteiger partial charge in [0, 0.05) is 5.56 Å². The summed E-state index contributed by atoms with van der Waals surface area (Å²) in [5, 5.41) is 0. The summed E-state index contributed by atoms with van der Waals surface area (Å²) in [6.45, 7) is 1.46. The van der Waals surface area contributed by atoms with Crippen LogP contribution in [0.25, 0.3) is 0 Å². The van der Waals surface area contributed by atoms with Crippen LogP contribution >= 0.6 is 0 Å². The number of ether oxygens (including phenoxy) is 1. The number of aryl methyl sites for hydroxylation is 1. The first-order valence-electron chi connectivity index (χ1n) is 5.89. The Labute approximate surface area is 115 Å². The van der Waals surface area contributed by atoms with Crippen molar-refractivity contribution in [2.24, 2.45) is 0 Å². The molecule has 0 amide bonds. The van der Waals surface area contributed by atoms with Crippen molar-refractivity contribution in [3.8, 4) is 5.75 Å². The Bertz CT molecular complexity index is 684. The van der Waals surface area contributed by atoms with E-state index in [1.807, 2.05) is 0 Å². The summed E-state index contributed by atoms with van der Waals surface area (Å²) in [5.74, 6) is -2.32. The molecule has 0 spiro atoms. The lowest BCUT2D eigenvalue weighted by molar-refractivity contribution is 0.103. The lowest BCUT2D eigenvalue weighted by Gasteiger charge is -2.11. The van der Waals surface area contributed by atoms with Gasteiger partial charge in [0.25, 0.3) is 0 Å². The third-order valence-electron chi connectivity index (χ3n) is 3.04. The van der Waals surface area contributed by atoms with Crippen LogP contribution in [0, 0.1) is 18.6 Å². The van der Waals surface area contributed by atoms with Crippen molar-refractivity contribution in [3.63, 3.8) is 0 Å². The molecular weight excluding hydrogens is 264 g/mol. The molecule has 2 rings (SSSR count). The summed E-state index contributed by atoms with van der Waals surface area (Å²) in [7, 11) is 1.40. The maximum Gasteiger partial charge on any atom is 0.201 e. The van der Waals surface area contributed by atoms with E-state index in [1.54, 1.807) is 6.07 Å². The molecule has 0 saturated heterocycles. The number of para-hydroxylation sites is 1. The quantitative estimate of drug-likeness (QED) is 0.693. The average Bonchev–Trinajstić information content (AvgIpc) is 2.43. The second-order valence-electron chi connectivity index (χ2n) is 4.30. The van der Waals surface area contributed by atoms with Gasteiger partial charge in [-0.15, -0.1) is 0 Å². The van der Waals surface area contributed by atoms with E-state index in [9.17, 15) is 13.6 Å². The summed E-state index contributed by atoms with van der Waals surface area (Å²) < 4.78 is 32.7. The second kappa shape index (κ2) is 5.28. The van der Waals surface area contributed by atoms with Gasteiger partial charge in [0.1, 0.15) is 17.4 Å². The first-order chi connectivity index (χ1) is 9.47. The minimum atomic E-state index is -0.916. The highest BCUT2D eigenvalue weighted by Gasteiger charge is 2.23. The molecule has 2 aromatic carbocycles. The lowest BCUT2D eigenvalue weighted by atomic mass is 9.98. The van der Waals surface area contributed by atoms with E-state index < -0.39 is 23.0 Å². The largest absolute Gasteiger partial charge is 0.495 e. The molecule has 0 radical (unpaired) electrons. The third-order valence-corrected chi connectivity index (χ3v) is 3.04. The van der Waals surface area contributed by atoms with Gasteiger partial charge in [-0.05, 0) is 30.7 Å². The number of benzene rings is 2. The number of nitrogen functional groups attached to an aromatic ring is 1. The molecule has 0 aliphatic carbocycles. The highest BCUT2D eigenvalue weighted by Crippen LogP contribution is 2.28. The lowest BCUT2D eigenvalue weighted by Crippen LogP contribution is -2.11. The summed E-state index contributed by atoms with van der Waals surface area (Å²) in [6, 6.07) is 6.84. The van der Waals surface area contributed by atoms with Crippen LogP contribution in [0.2, 0.25) is 0 Å². The maximum absolute atomic E-state index is 14.0. The highest BCUT2D eigenvalue weighted by molar-refractivity contribution is 6.13. The molecule has 0 aromatic heterocycles. The van der Waals surface area contributed by atoms with Gasteiger partial charge >= 0.3 is 0 Å². The molecule has 0 fully saturated rings. The highest BCUT2D eigenvalue weighted by atomic mass is 19.1. The standard InChI is InChI=1S/C15H13F2NO2/c1-8-6-7-10(16)12(13(8)17)15(19)9-4-3-5-11(20-2)14(9)18/h3-7H,18H2,1-2H3. The molecule has 20 heavy (non-hydrogen) atoms.